The number of benzene rings is 14. The maximum Gasteiger partial charge on any atom is 0.206 e. The van der Waals surface area contributed by atoms with Gasteiger partial charge in [-0.15, -0.1) is 0 Å². The molecule has 0 aliphatic carbocycles. The van der Waals surface area contributed by atoms with Crippen LogP contribution in [0, 0.1) is 0 Å². The van der Waals surface area contributed by atoms with Crippen molar-refractivity contribution in [3.8, 4) is 101 Å². The molecule has 14 aromatic carbocycles. The zero-order chi connectivity index (χ0) is 54.6. The SMILES string of the molecule is O=S(=O)(c1cc(-c2ccc(-c3ccccc3)c3ccccc23)c(O)c(-c2ccc(-c3ccccc3)c3ccccc23)c1)c1cc(-c2ccc(-c3ccccc3)c3ccccc23)c(O)c(-c2ccc(-c3ccccc3)c3ccccc23)c1. The second-order valence-electron chi connectivity index (χ2n) is 20.5. The van der Waals surface area contributed by atoms with Crippen LogP contribution >= 0.6 is 0 Å². The van der Waals surface area contributed by atoms with Crippen molar-refractivity contribution in [3.63, 3.8) is 0 Å². The van der Waals surface area contributed by atoms with Gasteiger partial charge >= 0.3 is 0 Å². The summed E-state index contributed by atoms with van der Waals surface area (Å²) in [7, 11) is -4.53. The molecule has 5 heteroatoms. The lowest BCUT2D eigenvalue weighted by Crippen LogP contribution is -2.05. The predicted molar refractivity (Wildman–Crippen MR) is 335 cm³/mol. The van der Waals surface area contributed by atoms with E-state index < -0.39 is 9.84 Å². The van der Waals surface area contributed by atoms with Gasteiger partial charge < -0.3 is 10.2 Å². The second-order valence-corrected chi connectivity index (χ2v) is 22.5. The highest BCUT2D eigenvalue weighted by Gasteiger charge is 2.29. The molecule has 0 heterocycles. The van der Waals surface area contributed by atoms with E-state index in [0.717, 1.165) is 87.6 Å². The number of hydrogen-bond acceptors (Lipinski definition) is 4. The molecule has 14 aromatic rings. The third-order valence-electron chi connectivity index (χ3n) is 16.0. The van der Waals surface area contributed by atoms with Crippen molar-refractivity contribution in [3.05, 3.63) is 291 Å². The van der Waals surface area contributed by atoms with Crippen molar-refractivity contribution in [1.82, 2.24) is 0 Å². The van der Waals surface area contributed by atoms with Crippen molar-refractivity contribution in [2.24, 2.45) is 0 Å². The summed E-state index contributed by atoms with van der Waals surface area (Å²) in [4.78, 5) is -0.0391. The normalized spacial score (nSPS) is 11.7. The molecule has 0 saturated heterocycles. The molecule has 0 atom stereocenters. The first-order valence-corrected chi connectivity index (χ1v) is 28.6. The van der Waals surface area contributed by atoms with Crippen LogP contribution in [0.2, 0.25) is 0 Å². The molecule has 384 valence electrons. The molecule has 81 heavy (non-hydrogen) atoms. The molecule has 0 aromatic heterocycles. The molecule has 0 radical (unpaired) electrons. The molecule has 0 spiro atoms. The molecule has 0 amide bonds. The highest BCUT2D eigenvalue weighted by molar-refractivity contribution is 7.91. The van der Waals surface area contributed by atoms with Crippen LogP contribution in [0.5, 0.6) is 11.5 Å². The number of fused-ring (bicyclic) bond motifs is 4. The van der Waals surface area contributed by atoms with Gasteiger partial charge in [0, 0.05) is 22.3 Å². The van der Waals surface area contributed by atoms with Crippen molar-refractivity contribution < 1.29 is 18.6 Å². The summed E-state index contributed by atoms with van der Waals surface area (Å²) in [5.41, 5.74) is 12.4. The number of phenolic OH excluding ortho intramolecular Hbond substituents is 2. The minimum atomic E-state index is -4.53. The number of sulfone groups is 1. The van der Waals surface area contributed by atoms with Crippen LogP contribution in [0.1, 0.15) is 0 Å². The number of rotatable bonds is 10. The Hall–Kier alpha value is -10.3. The first-order chi connectivity index (χ1) is 39.8. The van der Waals surface area contributed by atoms with E-state index in [1.54, 1.807) is 24.3 Å². The van der Waals surface area contributed by atoms with Crippen LogP contribution in [-0.4, -0.2) is 18.6 Å². The van der Waals surface area contributed by atoms with Gasteiger partial charge in [-0.05, 0) is 134 Å². The largest absolute Gasteiger partial charge is 0.507 e. The molecule has 0 fully saturated rings. The monoisotopic (exact) mass is 1060 g/mol. The van der Waals surface area contributed by atoms with Gasteiger partial charge in [0.25, 0.3) is 0 Å². The summed E-state index contributed by atoms with van der Waals surface area (Å²) in [5.74, 6) is -0.0996. The molecular formula is C76H50O4S. The zero-order valence-corrected chi connectivity index (χ0v) is 44.6. The van der Waals surface area contributed by atoms with Crippen molar-refractivity contribution >= 4 is 52.9 Å². The van der Waals surface area contributed by atoms with Gasteiger partial charge in [0.05, 0.1) is 9.79 Å². The summed E-state index contributed by atoms with van der Waals surface area (Å²) in [6.07, 6.45) is 0. The van der Waals surface area contributed by atoms with Gasteiger partial charge in [0.2, 0.25) is 9.84 Å². The van der Waals surface area contributed by atoms with E-state index in [4.69, 9.17) is 0 Å². The van der Waals surface area contributed by atoms with Crippen molar-refractivity contribution in [2.75, 3.05) is 0 Å². The van der Waals surface area contributed by atoms with Crippen LogP contribution < -0.4 is 0 Å². The molecule has 14 rings (SSSR count). The van der Waals surface area contributed by atoms with E-state index in [9.17, 15) is 10.2 Å². The van der Waals surface area contributed by atoms with E-state index in [0.29, 0.717) is 44.5 Å². The topological polar surface area (TPSA) is 74.6 Å². The Kier molecular flexibility index (Phi) is 12.2. The molecular weight excluding hydrogens is 1010 g/mol. The lowest BCUT2D eigenvalue weighted by Gasteiger charge is -2.20. The summed E-state index contributed by atoms with van der Waals surface area (Å²) in [6.45, 7) is 0. The Morgan fingerprint density at radius 3 is 0.580 bits per heavy atom. The maximum atomic E-state index is 16.4. The molecule has 2 N–H and O–H groups in total. The average Bonchev–Trinajstić information content (AvgIpc) is 3.56. The number of phenols is 2. The first kappa shape index (κ1) is 49.0. The lowest BCUT2D eigenvalue weighted by molar-refractivity contribution is 0.478. The maximum absolute atomic E-state index is 16.4. The fourth-order valence-corrected chi connectivity index (χ4v) is 13.5. The van der Waals surface area contributed by atoms with E-state index in [1.165, 1.54) is 0 Å². The molecule has 0 saturated carbocycles. The van der Waals surface area contributed by atoms with Gasteiger partial charge in [-0.3, -0.25) is 0 Å². The Morgan fingerprint density at radius 2 is 0.370 bits per heavy atom. The predicted octanol–water partition coefficient (Wildman–Crippen LogP) is 19.9. The number of aromatic hydroxyl groups is 2. The lowest BCUT2D eigenvalue weighted by atomic mass is 9.88. The Labute approximate surface area is 470 Å². The van der Waals surface area contributed by atoms with Gasteiger partial charge in [-0.1, -0.05) is 267 Å². The van der Waals surface area contributed by atoms with Crippen molar-refractivity contribution in [1.29, 1.82) is 0 Å². The van der Waals surface area contributed by atoms with Crippen molar-refractivity contribution in [2.45, 2.75) is 9.79 Å². The zero-order valence-electron chi connectivity index (χ0n) is 43.8. The molecule has 0 unspecified atom stereocenters. The Balaban J connectivity index is 1.05. The van der Waals surface area contributed by atoms with Gasteiger partial charge in [-0.25, -0.2) is 8.42 Å². The summed E-state index contributed by atoms with van der Waals surface area (Å²) >= 11 is 0. The highest BCUT2D eigenvalue weighted by atomic mass is 32.2. The quantitative estimate of drug-likeness (QED) is 0.143. The van der Waals surface area contributed by atoms with Crippen LogP contribution in [-0.2, 0) is 9.84 Å². The van der Waals surface area contributed by atoms with Crippen LogP contribution in [0.3, 0.4) is 0 Å². The minimum Gasteiger partial charge on any atom is -0.507 e. The smallest absolute Gasteiger partial charge is 0.206 e. The fraction of sp³-hybridized carbons (Fsp3) is 0. The van der Waals surface area contributed by atoms with Crippen LogP contribution in [0.25, 0.3) is 132 Å². The standard InChI is InChI=1S/C76H50O4S/c77-75-71(67-41-37-55(49-21-5-1-6-22-49)59-29-13-17-33-63(59)67)45-53(46-72(75)68-42-38-56(50-23-7-2-8-24-50)60-30-14-18-34-64(60)68)81(79,80)54-47-73(69-43-39-57(51-25-9-3-10-26-51)61-31-15-19-35-65(61)69)76(78)74(48-54)70-44-40-58(52-27-11-4-12-28-52)62-32-16-20-36-66(62)70/h1-48,77-78H. The van der Waals surface area contributed by atoms with Gasteiger partial charge in [0.15, 0.2) is 0 Å². The van der Waals surface area contributed by atoms with E-state index in [2.05, 4.69) is 97.1 Å². The molecule has 0 aliphatic heterocycles. The molecule has 0 aliphatic rings. The first-order valence-electron chi connectivity index (χ1n) is 27.1. The second kappa shape index (κ2) is 20.2. The van der Waals surface area contributed by atoms with E-state index in [-0.39, 0.29) is 21.3 Å². The summed E-state index contributed by atoms with van der Waals surface area (Å²) < 4.78 is 32.9. The average molecular weight is 1060 g/mol. The summed E-state index contributed by atoms with van der Waals surface area (Å²) in [5, 5.41) is 33.3. The fourth-order valence-electron chi connectivity index (χ4n) is 12.1. The summed E-state index contributed by atoms with van der Waals surface area (Å²) in [6, 6.07) is 95.7. The van der Waals surface area contributed by atoms with Crippen LogP contribution in [0.15, 0.2) is 301 Å². The van der Waals surface area contributed by atoms with E-state index >= 15 is 8.42 Å². The van der Waals surface area contributed by atoms with E-state index in [1.807, 2.05) is 170 Å². The third kappa shape index (κ3) is 8.51. The Morgan fingerprint density at radius 1 is 0.198 bits per heavy atom. The highest BCUT2D eigenvalue weighted by Crippen LogP contribution is 2.51. The minimum absolute atomic E-state index is 0.0195. The van der Waals surface area contributed by atoms with Crippen LogP contribution in [0.4, 0.5) is 0 Å². The third-order valence-corrected chi connectivity index (χ3v) is 17.7. The van der Waals surface area contributed by atoms with Gasteiger partial charge in [0.1, 0.15) is 11.5 Å². The number of hydrogen-bond donors (Lipinski definition) is 2. The molecule has 4 nitrogen and oxygen atoms in total. The molecule has 0 bridgehead atoms. The van der Waals surface area contributed by atoms with Gasteiger partial charge in [-0.2, -0.15) is 0 Å². The Bertz CT molecular complexity index is 4290.